The molecule has 0 atom stereocenters. The van der Waals surface area contributed by atoms with E-state index >= 15 is 0 Å². The summed E-state index contributed by atoms with van der Waals surface area (Å²) in [5.74, 6) is 0. The minimum Gasteiger partial charge on any atom is -0.310 e. The average Bonchev–Trinajstić information content (AvgIpc) is 3.43. The van der Waals surface area contributed by atoms with Crippen LogP contribution in [0.2, 0.25) is 0 Å². The second-order valence-corrected chi connectivity index (χ2v) is 12.6. The number of hydrogen-bond acceptors (Lipinski definition) is 1. The molecule has 0 fully saturated rings. The van der Waals surface area contributed by atoms with E-state index in [4.69, 9.17) is 0 Å². The molecule has 1 aliphatic rings. The summed E-state index contributed by atoms with van der Waals surface area (Å²) in [5.41, 5.74) is 12.4. The topological polar surface area (TPSA) is 8.17 Å². The van der Waals surface area contributed by atoms with Gasteiger partial charge in [-0.25, -0.2) is 0 Å². The Morgan fingerprint density at radius 2 is 1.13 bits per heavy atom. The van der Waals surface area contributed by atoms with E-state index in [1.807, 2.05) is 0 Å². The third kappa shape index (κ3) is 3.82. The molecule has 214 valence electrons. The highest BCUT2D eigenvalue weighted by Crippen LogP contribution is 2.48. The van der Waals surface area contributed by atoms with Crippen LogP contribution in [0.4, 0.5) is 17.1 Å². The number of anilines is 3. The van der Waals surface area contributed by atoms with Crippen molar-refractivity contribution in [1.29, 1.82) is 0 Å². The molecule has 0 saturated heterocycles. The SMILES string of the molecule is CC1(C)c2ccccc2-n2c3ccc(-c4ccc(N(c5ccccc5)c5cccc6ccccc56)cc4)cc3c3cccc1c32. The zero-order valence-electron chi connectivity index (χ0n) is 25.4. The van der Waals surface area contributed by atoms with Crippen molar-refractivity contribution in [2.45, 2.75) is 19.3 Å². The lowest BCUT2D eigenvalue weighted by Gasteiger charge is -2.34. The minimum absolute atomic E-state index is 0.0617. The van der Waals surface area contributed by atoms with Crippen LogP contribution in [0.25, 0.3) is 49.4 Å². The molecule has 1 aliphatic heterocycles. The number of nitrogens with zero attached hydrogens (tertiary/aromatic N) is 2. The molecular weight excluding hydrogens is 544 g/mol. The summed E-state index contributed by atoms with van der Waals surface area (Å²) < 4.78 is 2.48. The van der Waals surface area contributed by atoms with E-state index in [1.54, 1.807) is 0 Å². The van der Waals surface area contributed by atoms with Gasteiger partial charge in [0.1, 0.15) is 0 Å². The molecular formula is C43H32N2. The summed E-state index contributed by atoms with van der Waals surface area (Å²) in [4.78, 5) is 2.36. The third-order valence-corrected chi connectivity index (χ3v) is 9.76. The van der Waals surface area contributed by atoms with Gasteiger partial charge in [0.05, 0.1) is 22.4 Å². The second kappa shape index (κ2) is 9.70. The van der Waals surface area contributed by atoms with Crippen LogP contribution >= 0.6 is 0 Å². The van der Waals surface area contributed by atoms with Crippen molar-refractivity contribution in [2.75, 3.05) is 4.90 Å². The molecule has 0 bridgehead atoms. The van der Waals surface area contributed by atoms with Gasteiger partial charge in [-0.2, -0.15) is 0 Å². The highest BCUT2D eigenvalue weighted by molar-refractivity contribution is 6.12. The molecule has 1 aromatic heterocycles. The maximum atomic E-state index is 2.48. The summed E-state index contributed by atoms with van der Waals surface area (Å²) >= 11 is 0. The summed E-state index contributed by atoms with van der Waals surface area (Å²) in [6.07, 6.45) is 0. The van der Waals surface area contributed by atoms with Crippen molar-refractivity contribution in [3.8, 4) is 16.8 Å². The minimum atomic E-state index is -0.0617. The second-order valence-electron chi connectivity index (χ2n) is 12.6. The maximum absolute atomic E-state index is 2.48. The van der Waals surface area contributed by atoms with E-state index in [-0.39, 0.29) is 5.41 Å². The van der Waals surface area contributed by atoms with E-state index in [2.05, 4.69) is 181 Å². The van der Waals surface area contributed by atoms with Crippen LogP contribution in [-0.4, -0.2) is 4.57 Å². The number of fused-ring (bicyclic) bond motifs is 6. The summed E-state index contributed by atoms with van der Waals surface area (Å²) in [7, 11) is 0. The molecule has 2 nitrogen and oxygen atoms in total. The Labute approximate surface area is 263 Å². The fourth-order valence-corrected chi connectivity index (χ4v) is 7.56. The number of benzene rings is 7. The zero-order valence-corrected chi connectivity index (χ0v) is 25.4. The first-order chi connectivity index (χ1) is 22.1. The predicted molar refractivity (Wildman–Crippen MR) is 191 cm³/mol. The standard InChI is InChI=1S/C43H32N2/c1-43(2)37-18-8-9-20-41(37)45-40-27-24-31(28-36(40)35-17-11-19-38(43)42(35)45)29-22-25-33(26-23-29)44(32-14-4-3-5-15-32)39-21-10-13-30-12-6-7-16-34(30)39/h3-28H,1-2H3. The molecule has 7 aromatic carbocycles. The monoisotopic (exact) mass is 576 g/mol. The highest BCUT2D eigenvalue weighted by Gasteiger charge is 2.34. The molecule has 0 saturated carbocycles. The molecule has 9 rings (SSSR count). The molecule has 0 unspecified atom stereocenters. The first kappa shape index (κ1) is 25.9. The van der Waals surface area contributed by atoms with Crippen molar-refractivity contribution < 1.29 is 0 Å². The summed E-state index contributed by atoms with van der Waals surface area (Å²) in [5, 5.41) is 5.08. The Morgan fingerprint density at radius 1 is 0.489 bits per heavy atom. The van der Waals surface area contributed by atoms with Crippen molar-refractivity contribution in [1.82, 2.24) is 4.57 Å². The lowest BCUT2D eigenvalue weighted by molar-refractivity contribution is 0.630. The molecule has 2 heteroatoms. The largest absolute Gasteiger partial charge is 0.310 e. The van der Waals surface area contributed by atoms with Crippen molar-refractivity contribution >= 4 is 49.6 Å². The number of hydrogen-bond donors (Lipinski definition) is 0. The first-order valence-corrected chi connectivity index (χ1v) is 15.7. The van der Waals surface area contributed by atoms with Crippen LogP contribution in [-0.2, 0) is 5.41 Å². The fourth-order valence-electron chi connectivity index (χ4n) is 7.56. The van der Waals surface area contributed by atoms with Crippen LogP contribution in [0.15, 0.2) is 158 Å². The molecule has 2 heterocycles. The van der Waals surface area contributed by atoms with Crippen molar-refractivity contribution in [2.24, 2.45) is 0 Å². The lowest BCUT2D eigenvalue weighted by Crippen LogP contribution is -2.26. The Morgan fingerprint density at radius 3 is 2.00 bits per heavy atom. The van der Waals surface area contributed by atoms with Crippen LogP contribution in [0, 0.1) is 0 Å². The Hall–Kier alpha value is -5.60. The zero-order chi connectivity index (χ0) is 30.1. The van der Waals surface area contributed by atoms with Gasteiger partial charge in [0.2, 0.25) is 0 Å². The van der Waals surface area contributed by atoms with Gasteiger partial charge in [0.25, 0.3) is 0 Å². The number of para-hydroxylation sites is 3. The molecule has 45 heavy (non-hydrogen) atoms. The lowest BCUT2D eigenvalue weighted by atomic mass is 9.75. The van der Waals surface area contributed by atoms with E-state index in [0.717, 1.165) is 11.4 Å². The van der Waals surface area contributed by atoms with Crippen LogP contribution in [0.1, 0.15) is 25.0 Å². The van der Waals surface area contributed by atoms with E-state index in [0.29, 0.717) is 0 Å². The van der Waals surface area contributed by atoms with Gasteiger partial charge in [0.15, 0.2) is 0 Å². The van der Waals surface area contributed by atoms with E-state index in [1.165, 1.54) is 66.2 Å². The van der Waals surface area contributed by atoms with Gasteiger partial charge in [0, 0.05) is 32.9 Å². The molecule has 0 spiro atoms. The molecule has 0 amide bonds. The van der Waals surface area contributed by atoms with Crippen LogP contribution in [0.5, 0.6) is 0 Å². The van der Waals surface area contributed by atoms with E-state index in [9.17, 15) is 0 Å². The van der Waals surface area contributed by atoms with Gasteiger partial charge in [-0.3, -0.25) is 0 Å². The molecule has 0 N–H and O–H groups in total. The van der Waals surface area contributed by atoms with Gasteiger partial charge in [-0.15, -0.1) is 0 Å². The normalized spacial score (nSPS) is 13.3. The Balaban J connectivity index is 1.18. The average molecular weight is 577 g/mol. The quantitative estimate of drug-likeness (QED) is 0.202. The maximum Gasteiger partial charge on any atom is 0.0582 e. The summed E-state index contributed by atoms with van der Waals surface area (Å²) in [6.45, 7) is 4.71. The predicted octanol–water partition coefficient (Wildman–Crippen LogP) is 11.7. The van der Waals surface area contributed by atoms with Gasteiger partial charge in [-0.1, -0.05) is 123 Å². The van der Waals surface area contributed by atoms with Crippen LogP contribution < -0.4 is 4.90 Å². The highest BCUT2D eigenvalue weighted by atomic mass is 15.1. The number of aromatic nitrogens is 1. The Kier molecular flexibility index (Phi) is 5.58. The van der Waals surface area contributed by atoms with E-state index < -0.39 is 0 Å². The van der Waals surface area contributed by atoms with Crippen molar-refractivity contribution in [3.05, 3.63) is 169 Å². The fraction of sp³-hybridized carbons (Fsp3) is 0.0698. The number of rotatable bonds is 4. The van der Waals surface area contributed by atoms with Gasteiger partial charge in [-0.05, 0) is 76.2 Å². The van der Waals surface area contributed by atoms with Crippen molar-refractivity contribution in [3.63, 3.8) is 0 Å². The molecule has 8 aromatic rings. The molecule has 0 radical (unpaired) electrons. The first-order valence-electron chi connectivity index (χ1n) is 15.7. The molecule has 0 aliphatic carbocycles. The Bertz CT molecular complexity index is 2390. The van der Waals surface area contributed by atoms with Gasteiger partial charge < -0.3 is 9.47 Å². The van der Waals surface area contributed by atoms with Gasteiger partial charge >= 0.3 is 0 Å². The van der Waals surface area contributed by atoms with Crippen LogP contribution in [0.3, 0.4) is 0 Å². The summed E-state index contributed by atoms with van der Waals surface area (Å²) in [6, 6.07) is 57.5. The smallest absolute Gasteiger partial charge is 0.0582 e. The third-order valence-electron chi connectivity index (χ3n) is 9.76.